The Morgan fingerprint density at radius 1 is 0.643 bits per heavy atom. The van der Waals surface area contributed by atoms with Crippen LogP contribution in [0.2, 0.25) is 0 Å². The summed E-state index contributed by atoms with van der Waals surface area (Å²) in [6.45, 7) is 9.57. The Labute approximate surface area is 171 Å². The third-order valence-corrected chi connectivity index (χ3v) is 6.39. The van der Waals surface area contributed by atoms with Crippen molar-refractivity contribution in [1.82, 2.24) is 14.7 Å². The molecular weight excluding hydrogens is 342 g/mol. The monoisotopic (exact) mass is 377 g/mol. The Bertz CT molecular complexity index is 681. The smallest absolute Gasteiger partial charge is 0.0239 e. The van der Waals surface area contributed by atoms with Crippen LogP contribution in [0.1, 0.15) is 36.8 Å². The van der Waals surface area contributed by atoms with E-state index < -0.39 is 0 Å². The van der Waals surface area contributed by atoms with E-state index in [0.29, 0.717) is 6.04 Å². The van der Waals surface area contributed by atoms with Crippen molar-refractivity contribution in [3.05, 3.63) is 71.8 Å². The quantitative estimate of drug-likeness (QED) is 0.714. The molecule has 2 fully saturated rings. The van der Waals surface area contributed by atoms with Crippen LogP contribution in [0.25, 0.3) is 0 Å². The van der Waals surface area contributed by atoms with Gasteiger partial charge in [-0.3, -0.25) is 9.80 Å². The molecule has 0 spiro atoms. The van der Waals surface area contributed by atoms with E-state index in [1.807, 2.05) is 0 Å². The van der Waals surface area contributed by atoms with Crippen molar-refractivity contribution in [3.63, 3.8) is 0 Å². The first-order valence-electron chi connectivity index (χ1n) is 11.1. The van der Waals surface area contributed by atoms with E-state index in [1.165, 1.54) is 76.1 Å². The molecule has 3 heteroatoms. The molecule has 2 aliphatic rings. The summed E-state index contributed by atoms with van der Waals surface area (Å²) in [7, 11) is 0. The van der Waals surface area contributed by atoms with E-state index in [9.17, 15) is 0 Å². The van der Waals surface area contributed by atoms with Crippen molar-refractivity contribution in [3.8, 4) is 0 Å². The van der Waals surface area contributed by atoms with Crippen molar-refractivity contribution in [2.45, 2.75) is 44.8 Å². The van der Waals surface area contributed by atoms with Gasteiger partial charge in [0.15, 0.2) is 0 Å². The van der Waals surface area contributed by atoms with Gasteiger partial charge >= 0.3 is 0 Å². The normalized spacial score (nSPS) is 22.4. The molecule has 0 radical (unpaired) electrons. The van der Waals surface area contributed by atoms with Crippen molar-refractivity contribution in [1.29, 1.82) is 0 Å². The van der Waals surface area contributed by atoms with E-state index in [2.05, 4.69) is 75.4 Å². The molecule has 1 atom stereocenters. The zero-order valence-corrected chi connectivity index (χ0v) is 17.2. The maximum absolute atomic E-state index is 2.74. The van der Waals surface area contributed by atoms with E-state index >= 15 is 0 Å². The molecule has 0 saturated carbocycles. The summed E-state index contributed by atoms with van der Waals surface area (Å²) >= 11 is 0. The number of benzene rings is 2. The average molecular weight is 378 g/mol. The van der Waals surface area contributed by atoms with Gasteiger partial charge in [-0.05, 0) is 50.0 Å². The highest BCUT2D eigenvalue weighted by Crippen LogP contribution is 2.20. The minimum atomic E-state index is 0.652. The maximum atomic E-state index is 2.74. The molecule has 0 N–H and O–H groups in total. The highest BCUT2D eigenvalue weighted by atomic mass is 15.3. The number of piperidine rings is 1. The number of piperazine rings is 1. The fourth-order valence-corrected chi connectivity index (χ4v) is 4.76. The molecule has 2 heterocycles. The highest BCUT2D eigenvalue weighted by molar-refractivity contribution is 5.16. The summed E-state index contributed by atoms with van der Waals surface area (Å²) in [5, 5.41) is 0. The van der Waals surface area contributed by atoms with Gasteiger partial charge in [-0.2, -0.15) is 0 Å². The van der Waals surface area contributed by atoms with Crippen LogP contribution in [-0.4, -0.2) is 60.0 Å². The number of likely N-dealkylation sites (tertiary alicyclic amines) is 1. The topological polar surface area (TPSA) is 9.72 Å². The number of hydrogen-bond acceptors (Lipinski definition) is 3. The lowest BCUT2D eigenvalue weighted by Gasteiger charge is -2.42. The van der Waals surface area contributed by atoms with Crippen LogP contribution < -0.4 is 0 Å². The Kier molecular flexibility index (Phi) is 7.15. The third kappa shape index (κ3) is 5.66. The summed E-state index contributed by atoms with van der Waals surface area (Å²) in [5.74, 6) is 0. The van der Waals surface area contributed by atoms with Crippen LogP contribution in [0, 0.1) is 0 Å². The van der Waals surface area contributed by atoms with Crippen molar-refractivity contribution >= 4 is 0 Å². The highest BCUT2D eigenvalue weighted by Gasteiger charge is 2.27. The van der Waals surface area contributed by atoms with Crippen LogP contribution in [0.3, 0.4) is 0 Å². The summed E-state index contributed by atoms with van der Waals surface area (Å²) in [5.41, 5.74) is 2.88. The van der Waals surface area contributed by atoms with E-state index in [1.54, 1.807) is 0 Å². The van der Waals surface area contributed by atoms with Crippen LogP contribution in [0.4, 0.5) is 0 Å². The molecule has 0 bridgehead atoms. The molecule has 2 aromatic carbocycles. The predicted molar refractivity (Wildman–Crippen MR) is 117 cm³/mol. The predicted octanol–water partition coefficient (Wildman–Crippen LogP) is 4.25. The van der Waals surface area contributed by atoms with Crippen molar-refractivity contribution in [2.75, 3.05) is 39.3 Å². The van der Waals surface area contributed by atoms with E-state index in [0.717, 1.165) is 13.1 Å². The minimum Gasteiger partial charge on any atom is -0.303 e. The molecule has 1 unspecified atom stereocenters. The van der Waals surface area contributed by atoms with Crippen molar-refractivity contribution < 1.29 is 0 Å². The molecule has 4 rings (SSSR count). The number of hydrogen-bond donors (Lipinski definition) is 0. The van der Waals surface area contributed by atoms with Gasteiger partial charge in [0.25, 0.3) is 0 Å². The van der Waals surface area contributed by atoms with Gasteiger partial charge in [-0.1, -0.05) is 67.1 Å². The summed E-state index contributed by atoms with van der Waals surface area (Å²) in [6, 6.07) is 22.6. The van der Waals surface area contributed by atoms with Gasteiger partial charge in [-0.15, -0.1) is 0 Å². The Morgan fingerprint density at radius 3 is 1.96 bits per heavy atom. The zero-order chi connectivity index (χ0) is 19.0. The number of rotatable bonds is 7. The van der Waals surface area contributed by atoms with Gasteiger partial charge in [0, 0.05) is 38.8 Å². The second kappa shape index (κ2) is 10.2. The van der Waals surface area contributed by atoms with Crippen LogP contribution in [0.5, 0.6) is 0 Å². The maximum Gasteiger partial charge on any atom is 0.0239 e. The molecule has 0 amide bonds. The first-order valence-corrected chi connectivity index (χ1v) is 11.1. The first kappa shape index (κ1) is 19.6. The van der Waals surface area contributed by atoms with Gasteiger partial charge in [0.2, 0.25) is 0 Å². The Morgan fingerprint density at radius 2 is 1.29 bits per heavy atom. The Balaban J connectivity index is 1.38. The van der Waals surface area contributed by atoms with Gasteiger partial charge in [-0.25, -0.2) is 0 Å². The second-order valence-electron chi connectivity index (χ2n) is 8.52. The lowest BCUT2D eigenvalue weighted by molar-refractivity contribution is 0.0519. The summed E-state index contributed by atoms with van der Waals surface area (Å²) < 4.78 is 0. The fourth-order valence-electron chi connectivity index (χ4n) is 4.76. The molecule has 2 aromatic rings. The Hall–Kier alpha value is -1.68. The first-order chi connectivity index (χ1) is 13.9. The number of nitrogens with zero attached hydrogens (tertiary/aromatic N) is 3. The summed E-state index contributed by atoms with van der Waals surface area (Å²) in [4.78, 5) is 8.10. The van der Waals surface area contributed by atoms with E-state index in [4.69, 9.17) is 0 Å². The third-order valence-electron chi connectivity index (χ3n) is 6.39. The average Bonchev–Trinajstić information content (AvgIpc) is 2.76. The molecular formula is C25H35N3. The molecule has 0 aromatic heterocycles. The van der Waals surface area contributed by atoms with Gasteiger partial charge in [0.1, 0.15) is 0 Å². The molecule has 3 nitrogen and oxygen atoms in total. The molecule has 2 aliphatic heterocycles. The molecule has 28 heavy (non-hydrogen) atoms. The molecule has 0 aliphatic carbocycles. The zero-order valence-electron chi connectivity index (χ0n) is 17.2. The van der Waals surface area contributed by atoms with E-state index in [-0.39, 0.29) is 0 Å². The molecule has 2 saturated heterocycles. The standard InChI is InChI=1S/C25H35N3/c1-4-10-23(11-5-1)20-27-18-19-28(21-24-12-6-2-7-13-24)25(22-27)14-17-26-15-8-3-9-16-26/h1-2,4-7,10-13,25H,3,8-9,14-22H2. The molecule has 150 valence electrons. The minimum absolute atomic E-state index is 0.652. The fraction of sp³-hybridized carbons (Fsp3) is 0.520. The largest absolute Gasteiger partial charge is 0.303 e. The van der Waals surface area contributed by atoms with Crippen molar-refractivity contribution in [2.24, 2.45) is 0 Å². The van der Waals surface area contributed by atoms with Crippen LogP contribution in [0.15, 0.2) is 60.7 Å². The lowest BCUT2D eigenvalue weighted by atomic mass is 10.0. The van der Waals surface area contributed by atoms with Gasteiger partial charge in [0.05, 0.1) is 0 Å². The van der Waals surface area contributed by atoms with Crippen LogP contribution in [-0.2, 0) is 13.1 Å². The SMILES string of the molecule is c1ccc(CN2CCN(Cc3ccccc3)C(CCN3CCCCC3)C2)cc1. The van der Waals surface area contributed by atoms with Gasteiger partial charge < -0.3 is 4.90 Å². The summed E-state index contributed by atoms with van der Waals surface area (Å²) in [6.07, 6.45) is 5.49. The lowest BCUT2D eigenvalue weighted by Crippen LogP contribution is -2.53. The van der Waals surface area contributed by atoms with Crippen LogP contribution >= 0.6 is 0 Å². The second-order valence-corrected chi connectivity index (χ2v) is 8.52.